The summed E-state index contributed by atoms with van der Waals surface area (Å²) in [5.74, 6) is 0.277. The maximum Gasteiger partial charge on any atom is 0.293 e. The van der Waals surface area contributed by atoms with E-state index < -0.39 is 0 Å². The average molecular weight is 557 g/mol. The summed E-state index contributed by atoms with van der Waals surface area (Å²) < 4.78 is 30.9. The minimum Gasteiger partial charge on any atom is -0.493 e. The Morgan fingerprint density at radius 3 is 2.68 bits per heavy atom. The van der Waals surface area contributed by atoms with E-state index in [4.69, 9.17) is 14.2 Å². The molecule has 1 aliphatic rings. The van der Waals surface area contributed by atoms with Crippen LogP contribution in [0.25, 0.3) is 6.08 Å². The topological polar surface area (TPSA) is 65.1 Å². The fraction of sp³-hybridized carbons (Fsp3) is 0.273. The van der Waals surface area contributed by atoms with E-state index in [1.165, 1.54) is 18.1 Å². The summed E-state index contributed by atoms with van der Waals surface area (Å²) in [5.41, 5.74) is 1.13. The SMILES string of the molecule is COCCCN1C(=O)S/C(=C/c2cc(I)c(OCc3ccccc3F)c(OC)c2)C1=O. The fourth-order valence-electron chi connectivity index (χ4n) is 2.94. The number of hydrogen-bond donors (Lipinski definition) is 0. The summed E-state index contributed by atoms with van der Waals surface area (Å²) >= 11 is 3.01. The second kappa shape index (κ2) is 11.0. The second-order valence-corrected chi connectivity index (χ2v) is 8.75. The zero-order valence-electron chi connectivity index (χ0n) is 17.0. The zero-order chi connectivity index (χ0) is 22.4. The molecule has 31 heavy (non-hydrogen) atoms. The number of thioether (sulfide) groups is 1. The van der Waals surface area contributed by atoms with Gasteiger partial charge in [0, 0.05) is 25.8 Å². The smallest absolute Gasteiger partial charge is 0.293 e. The van der Waals surface area contributed by atoms with Crippen molar-refractivity contribution in [2.75, 3.05) is 27.4 Å². The van der Waals surface area contributed by atoms with Gasteiger partial charge in [-0.2, -0.15) is 0 Å². The van der Waals surface area contributed by atoms with Crippen LogP contribution in [0.3, 0.4) is 0 Å². The van der Waals surface area contributed by atoms with Crippen molar-refractivity contribution in [2.45, 2.75) is 13.0 Å². The number of hydrogen-bond acceptors (Lipinski definition) is 6. The maximum atomic E-state index is 13.9. The Morgan fingerprint density at radius 1 is 1.19 bits per heavy atom. The summed E-state index contributed by atoms with van der Waals surface area (Å²) in [7, 11) is 3.08. The zero-order valence-corrected chi connectivity index (χ0v) is 20.0. The number of ether oxygens (including phenoxy) is 3. The molecule has 164 valence electrons. The predicted molar refractivity (Wildman–Crippen MR) is 126 cm³/mol. The molecule has 0 spiro atoms. The number of amides is 2. The summed E-state index contributed by atoms with van der Waals surface area (Å²) in [5, 5.41) is -0.293. The quantitative estimate of drug-likeness (QED) is 0.243. The first-order valence-corrected chi connectivity index (χ1v) is 11.3. The van der Waals surface area contributed by atoms with Crippen molar-refractivity contribution in [1.29, 1.82) is 0 Å². The largest absolute Gasteiger partial charge is 0.493 e. The van der Waals surface area contributed by atoms with Gasteiger partial charge in [-0.1, -0.05) is 18.2 Å². The van der Waals surface area contributed by atoms with E-state index in [0.29, 0.717) is 47.1 Å². The number of halogens is 2. The van der Waals surface area contributed by atoms with Crippen molar-refractivity contribution >= 4 is 51.6 Å². The monoisotopic (exact) mass is 557 g/mol. The number of rotatable bonds is 9. The first-order chi connectivity index (χ1) is 14.9. The fourth-order valence-corrected chi connectivity index (χ4v) is 4.59. The van der Waals surface area contributed by atoms with Gasteiger partial charge in [-0.3, -0.25) is 14.5 Å². The Labute approximate surface area is 197 Å². The highest BCUT2D eigenvalue weighted by atomic mass is 127. The molecule has 0 atom stereocenters. The summed E-state index contributed by atoms with van der Waals surface area (Å²) in [6.45, 7) is 0.850. The molecule has 2 aromatic carbocycles. The third-order valence-electron chi connectivity index (χ3n) is 4.48. The van der Waals surface area contributed by atoms with Crippen molar-refractivity contribution in [3.8, 4) is 11.5 Å². The molecule has 3 rings (SSSR count). The minimum absolute atomic E-state index is 0.0543. The number of benzene rings is 2. The molecule has 2 aromatic rings. The standard InChI is InChI=1S/C22H21FINO5S/c1-28-9-5-8-25-21(26)19(31-22(25)27)12-14-10-17(24)20(18(11-14)29-2)30-13-15-6-3-4-7-16(15)23/h3-4,6-7,10-12H,5,8-9,13H2,1-2H3/b19-12+. The average Bonchev–Trinajstić information content (AvgIpc) is 3.01. The lowest BCUT2D eigenvalue weighted by molar-refractivity contribution is -0.122. The van der Waals surface area contributed by atoms with Crippen molar-refractivity contribution in [2.24, 2.45) is 0 Å². The Hall–Kier alpha value is -2.11. The van der Waals surface area contributed by atoms with E-state index >= 15 is 0 Å². The van der Waals surface area contributed by atoms with Crippen molar-refractivity contribution < 1.29 is 28.2 Å². The first kappa shape index (κ1) is 23.6. The van der Waals surface area contributed by atoms with Gasteiger partial charge >= 0.3 is 0 Å². The summed E-state index contributed by atoms with van der Waals surface area (Å²) in [4.78, 5) is 26.3. The van der Waals surface area contributed by atoms with Crippen LogP contribution in [0.1, 0.15) is 17.5 Å². The number of carbonyl (C=O) groups is 2. The van der Waals surface area contributed by atoms with Crippen LogP contribution < -0.4 is 9.47 Å². The minimum atomic E-state index is -0.339. The molecule has 1 aliphatic heterocycles. The van der Waals surface area contributed by atoms with Crippen LogP contribution in [0.15, 0.2) is 41.3 Å². The lowest BCUT2D eigenvalue weighted by Gasteiger charge is -2.14. The summed E-state index contributed by atoms with van der Waals surface area (Å²) in [6, 6.07) is 9.95. The third kappa shape index (κ3) is 5.78. The normalized spacial score (nSPS) is 15.1. The number of carbonyl (C=O) groups excluding carboxylic acids is 2. The Bertz CT molecular complexity index is 1010. The molecule has 0 bridgehead atoms. The molecule has 2 amide bonds. The highest BCUT2D eigenvalue weighted by Crippen LogP contribution is 2.37. The maximum absolute atomic E-state index is 13.9. The van der Waals surface area contributed by atoms with Crippen LogP contribution in [0, 0.1) is 9.39 Å². The molecule has 1 fully saturated rings. The van der Waals surface area contributed by atoms with Crippen LogP contribution in [-0.2, 0) is 16.1 Å². The third-order valence-corrected chi connectivity index (χ3v) is 6.19. The van der Waals surface area contributed by atoms with Crippen LogP contribution in [0.4, 0.5) is 9.18 Å². The van der Waals surface area contributed by atoms with Crippen LogP contribution >= 0.6 is 34.4 Å². The highest BCUT2D eigenvalue weighted by molar-refractivity contribution is 14.1. The highest BCUT2D eigenvalue weighted by Gasteiger charge is 2.34. The molecule has 1 saturated heterocycles. The Morgan fingerprint density at radius 2 is 1.97 bits per heavy atom. The molecule has 0 radical (unpaired) electrons. The molecule has 9 heteroatoms. The van der Waals surface area contributed by atoms with E-state index in [1.807, 2.05) is 6.07 Å². The number of nitrogens with zero attached hydrogens (tertiary/aromatic N) is 1. The van der Waals surface area contributed by atoms with Gasteiger partial charge in [0.05, 0.1) is 15.6 Å². The molecule has 0 aromatic heterocycles. The van der Waals surface area contributed by atoms with Gasteiger partial charge in [0.25, 0.3) is 11.1 Å². The molecular formula is C22H21FINO5S. The van der Waals surface area contributed by atoms with Crippen LogP contribution in [0.5, 0.6) is 11.5 Å². The van der Waals surface area contributed by atoms with Crippen LogP contribution in [0.2, 0.25) is 0 Å². The second-order valence-electron chi connectivity index (χ2n) is 6.59. The van der Waals surface area contributed by atoms with E-state index in [9.17, 15) is 14.0 Å². The lowest BCUT2D eigenvalue weighted by Crippen LogP contribution is -2.29. The van der Waals surface area contributed by atoms with Gasteiger partial charge in [0.15, 0.2) is 11.5 Å². The van der Waals surface area contributed by atoms with Gasteiger partial charge in [-0.25, -0.2) is 4.39 Å². The van der Waals surface area contributed by atoms with Gasteiger partial charge < -0.3 is 14.2 Å². The van der Waals surface area contributed by atoms with E-state index in [0.717, 1.165) is 15.3 Å². The Kier molecular flexibility index (Phi) is 8.33. The van der Waals surface area contributed by atoms with Crippen LogP contribution in [-0.4, -0.2) is 43.4 Å². The van der Waals surface area contributed by atoms with Crippen molar-refractivity contribution in [3.05, 3.63) is 61.8 Å². The van der Waals surface area contributed by atoms with Crippen molar-refractivity contribution in [1.82, 2.24) is 4.90 Å². The molecule has 1 heterocycles. The Balaban J connectivity index is 1.79. The number of methoxy groups -OCH3 is 2. The lowest BCUT2D eigenvalue weighted by atomic mass is 10.1. The van der Waals surface area contributed by atoms with Gasteiger partial charge in [-0.15, -0.1) is 0 Å². The molecule has 0 aliphatic carbocycles. The van der Waals surface area contributed by atoms with E-state index in [1.54, 1.807) is 37.5 Å². The van der Waals surface area contributed by atoms with E-state index in [-0.39, 0.29) is 23.6 Å². The predicted octanol–water partition coefficient (Wildman–Crippen LogP) is 5.09. The molecule has 0 N–H and O–H groups in total. The number of imide groups is 1. The first-order valence-electron chi connectivity index (χ1n) is 9.42. The van der Waals surface area contributed by atoms with Gasteiger partial charge in [0.1, 0.15) is 12.4 Å². The van der Waals surface area contributed by atoms with Gasteiger partial charge in [-0.05, 0) is 70.6 Å². The summed E-state index contributed by atoms with van der Waals surface area (Å²) in [6.07, 6.45) is 2.24. The molecule has 0 unspecified atom stereocenters. The molecule has 6 nitrogen and oxygen atoms in total. The van der Waals surface area contributed by atoms with Crippen molar-refractivity contribution in [3.63, 3.8) is 0 Å². The molecular weight excluding hydrogens is 536 g/mol. The molecule has 0 saturated carbocycles. The van der Waals surface area contributed by atoms with E-state index in [2.05, 4.69) is 22.6 Å². The van der Waals surface area contributed by atoms with Gasteiger partial charge in [0.2, 0.25) is 0 Å².